The Bertz CT molecular complexity index is 4020. The van der Waals surface area contributed by atoms with Crippen LogP contribution in [0.1, 0.15) is 25.0 Å². The molecule has 0 N–H and O–H groups in total. The zero-order valence-corrected chi connectivity index (χ0v) is 33.6. The minimum absolute atomic E-state index is 0.0867. The molecule has 13 aromatic rings. The van der Waals surface area contributed by atoms with Crippen LogP contribution in [0.4, 0.5) is 0 Å². The molecule has 0 amide bonds. The van der Waals surface area contributed by atoms with Crippen molar-refractivity contribution in [3.63, 3.8) is 0 Å². The van der Waals surface area contributed by atoms with Crippen LogP contribution >= 0.6 is 0 Å². The van der Waals surface area contributed by atoms with Crippen LogP contribution in [0, 0.1) is 0 Å². The van der Waals surface area contributed by atoms with Crippen LogP contribution in [0.3, 0.4) is 0 Å². The molecule has 0 aliphatic heterocycles. The monoisotopic (exact) mass is 776 g/mol. The van der Waals surface area contributed by atoms with Gasteiger partial charge >= 0.3 is 0 Å². The molecule has 0 saturated carbocycles. The van der Waals surface area contributed by atoms with Gasteiger partial charge < -0.3 is 4.40 Å². The SMILES string of the molecule is CC1(C)c2ccccc2-c2ccc(-c3ccc4c(-c5ccccc5)nc(-n5c6ccc7ccccc7c6c6c7c8cccc9c%10ccccc%10n(c7ccc65)c98)nc4c3)cc21. The molecule has 0 unspecified atom stereocenters. The van der Waals surface area contributed by atoms with E-state index in [1.54, 1.807) is 0 Å². The molecule has 4 heterocycles. The van der Waals surface area contributed by atoms with E-state index >= 15 is 0 Å². The van der Waals surface area contributed by atoms with E-state index in [-0.39, 0.29) is 5.41 Å². The second-order valence-corrected chi connectivity index (χ2v) is 17.3. The van der Waals surface area contributed by atoms with Gasteiger partial charge in [-0.3, -0.25) is 4.57 Å². The van der Waals surface area contributed by atoms with Crippen molar-refractivity contribution >= 4 is 81.6 Å². The van der Waals surface area contributed by atoms with Gasteiger partial charge in [0.1, 0.15) is 0 Å². The highest BCUT2D eigenvalue weighted by Crippen LogP contribution is 2.50. The summed E-state index contributed by atoms with van der Waals surface area (Å²) in [5.41, 5.74) is 16.4. The van der Waals surface area contributed by atoms with E-state index in [9.17, 15) is 0 Å². The zero-order valence-electron chi connectivity index (χ0n) is 33.6. The molecule has 1 aliphatic rings. The van der Waals surface area contributed by atoms with E-state index in [4.69, 9.17) is 9.97 Å². The Morgan fingerprint density at radius 2 is 1.08 bits per heavy atom. The Morgan fingerprint density at radius 1 is 0.410 bits per heavy atom. The van der Waals surface area contributed by atoms with Crippen LogP contribution in [-0.4, -0.2) is 18.9 Å². The average Bonchev–Trinajstić information content (AvgIpc) is 4.02. The Labute approximate surface area is 350 Å². The molecule has 9 aromatic carbocycles. The smallest absolute Gasteiger partial charge is 0.235 e. The van der Waals surface area contributed by atoms with E-state index in [0.717, 1.165) is 38.8 Å². The lowest BCUT2D eigenvalue weighted by Gasteiger charge is -2.22. The van der Waals surface area contributed by atoms with Crippen LogP contribution in [0.15, 0.2) is 182 Å². The van der Waals surface area contributed by atoms with Gasteiger partial charge in [0.15, 0.2) is 0 Å². The summed E-state index contributed by atoms with van der Waals surface area (Å²) < 4.78 is 4.79. The van der Waals surface area contributed by atoms with Crippen molar-refractivity contribution < 1.29 is 0 Å². The van der Waals surface area contributed by atoms with Gasteiger partial charge in [-0.2, -0.15) is 0 Å². The third-order valence-electron chi connectivity index (χ3n) is 13.9. The molecule has 61 heavy (non-hydrogen) atoms. The largest absolute Gasteiger partial charge is 0.308 e. The molecule has 0 radical (unpaired) electrons. The number of para-hydroxylation sites is 2. The fourth-order valence-electron chi connectivity index (χ4n) is 11.1. The minimum Gasteiger partial charge on any atom is -0.308 e. The topological polar surface area (TPSA) is 35.1 Å². The third kappa shape index (κ3) is 4.28. The first-order valence-corrected chi connectivity index (χ1v) is 21.2. The standard InChI is InChI=1S/C57H36N4/c1-57(2)44-21-10-8-17-38(44)39-26-23-35(31-45(39)57)36-24-27-42-46(32-36)58-56(59-54(42)34-14-4-3-5-15-34)61-49-28-25-33-13-6-7-16-37(33)51(49)53-50(61)30-29-48-52(53)43-20-12-19-41-40-18-9-11-22-47(40)60(48)55(41)43/h3-32H,1-2H3. The maximum Gasteiger partial charge on any atom is 0.235 e. The lowest BCUT2D eigenvalue weighted by Crippen LogP contribution is -2.14. The van der Waals surface area contributed by atoms with Crippen molar-refractivity contribution in [2.45, 2.75) is 19.3 Å². The van der Waals surface area contributed by atoms with Crippen molar-refractivity contribution in [2.24, 2.45) is 0 Å². The maximum absolute atomic E-state index is 5.55. The number of aromatic nitrogens is 4. The lowest BCUT2D eigenvalue weighted by atomic mass is 9.81. The highest BCUT2D eigenvalue weighted by Gasteiger charge is 2.35. The molecule has 4 heteroatoms. The fourth-order valence-corrected chi connectivity index (χ4v) is 11.1. The molecule has 4 nitrogen and oxygen atoms in total. The second kappa shape index (κ2) is 11.7. The van der Waals surface area contributed by atoms with Crippen molar-refractivity contribution in [1.82, 2.24) is 18.9 Å². The number of rotatable bonds is 3. The summed E-state index contributed by atoms with van der Waals surface area (Å²) in [5, 5.41) is 11.0. The highest BCUT2D eigenvalue weighted by molar-refractivity contribution is 6.35. The van der Waals surface area contributed by atoms with Gasteiger partial charge in [-0.05, 0) is 86.6 Å². The van der Waals surface area contributed by atoms with Gasteiger partial charge in [0.2, 0.25) is 5.95 Å². The molecule has 14 rings (SSSR count). The Morgan fingerprint density at radius 3 is 2.00 bits per heavy atom. The molecule has 0 saturated heterocycles. The summed E-state index contributed by atoms with van der Waals surface area (Å²) in [4.78, 5) is 11.1. The number of fused-ring (bicyclic) bond motifs is 16. The first kappa shape index (κ1) is 33.1. The van der Waals surface area contributed by atoms with Crippen molar-refractivity contribution in [1.29, 1.82) is 0 Å². The summed E-state index contributed by atoms with van der Waals surface area (Å²) in [6.45, 7) is 4.69. The molecule has 0 atom stereocenters. The predicted octanol–water partition coefficient (Wildman–Crippen LogP) is 14.7. The van der Waals surface area contributed by atoms with Crippen molar-refractivity contribution in [3.05, 3.63) is 193 Å². The van der Waals surface area contributed by atoms with E-state index in [2.05, 4.69) is 205 Å². The molecule has 1 aliphatic carbocycles. The van der Waals surface area contributed by atoms with Gasteiger partial charge in [0.05, 0.1) is 38.8 Å². The predicted molar refractivity (Wildman–Crippen MR) is 254 cm³/mol. The number of nitrogens with zero attached hydrogens (tertiary/aromatic N) is 4. The first-order valence-electron chi connectivity index (χ1n) is 21.2. The number of hydrogen-bond donors (Lipinski definition) is 0. The Kier molecular flexibility index (Phi) is 6.33. The van der Waals surface area contributed by atoms with Crippen LogP contribution in [0.5, 0.6) is 0 Å². The van der Waals surface area contributed by atoms with Gasteiger partial charge in [0, 0.05) is 48.7 Å². The highest BCUT2D eigenvalue weighted by atomic mass is 15.2. The molecular formula is C57H36N4. The van der Waals surface area contributed by atoms with Crippen molar-refractivity contribution in [2.75, 3.05) is 0 Å². The summed E-state index contributed by atoms with van der Waals surface area (Å²) in [6.07, 6.45) is 0. The fraction of sp³-hybridized carbons (Fsp3) is 0.0526. The quantitative estimate of drug-likeness (QED) is 0.179. The van der Waals surface area contributed by atoms with E-state index in [0.29, 0.717) is 5.95 Å². The third-order valence-corrected chi connectivity index (χ3v) is 13.9. The molecule has 0 spiro atoms. The van der Waals surface area contributed by atoms with Gasteiger partial charge in [0.25, 0.3) is 0 Å². The average molecular weight is 777 g/mol. The number of benzene rings is 9. The first-order chi connectivity index (χ1) is 30.0. The van der Waals surface area contributed by atoms with E-state index in [1.807, 2.05) is 0 Å². The lowest BCUT2D eigenvalue weighted by molar-refractivity contribution is 0.660. The van der Waals surface area contributed by atoms with Crippen LogP contribution in [0.2, 0.25) is 0 Å². The summed E-state index contributed by atoms with van der Waals surface area (Å²) in [5.74, 6) is 0.658. The second-order valence-electron chi connectivity index (χ2n) is 17.3. The van der Waals surface area contributed by atoms with Crippen LogP contribution in [0.25, 0.3) is 121 Å². The Balaban J connectivity index is 1.08. The Hall–Kier alpha value is -7.82. The maximum atomic E-state index is 5.55. The summed E-state index contributed by atoms with van der Waals surface area (Å²) >= 11 is 0. The summed E-state index contributed by atoms with van der Waals surface area (Å²) in [7, 11) is 0. The normalized spacial score (nSPS) is 13.5. The molecule has 0 fully saturated rings. The van der Waals surface area contributed by atoms with E-state index in [1.165, 1.54) is 87.5 Å². The molecular weight excluding hydrogens is 741 g/mol. The molecule has 0 bridgehead atoms. The van der Waals surface area contributed by atoms with Crippen LogP contribution < -0.4 is 0 Å². The molecule has 4 aromatic heterocycles. The van der Waals surface area contributed by atoms with Crippen LogP contribution in [-0.2, 0) is 5.41 Å². The zero-order chi connectivity index (χ0) is 40.1. The number of hydrogen-bond acceptors (Lipinski definition) is 2. The van der Waals surface area contributed by atoms with Gasteiger partial charge in [-0.25, -0.2) is 9.97 Å². The van der Waals surface area contributed by atoms with Gasteiger partial charge in [-0.15, -0.1) is 0 Å². The van der Waals surface area contributed by atoms with Crippen molar-refractivity contribution in [3.8, 4) is 39.5 Å². The summed E-state index contributed by atoms with van der Waals surface area (Å²) in [6, 6.07) is 66.6. The van der Waals surface area contributed by atoms with Gasteiger partial charge in [-0.1, -0.05) is 153 Å². The minimum atomic E-state index is -0.0867. The molecule has 284 valence electrons. The van der Waals surface area contributed by atoms with E-state index < -0.39 is 0 Å².